The van der Waals surface area contributed by atoms with Crippen LogP contribution >= 0.6 is 24.0 Å². The number of aromatic nitrogens is 3. The summed E-state index contributed by atoms with van der Waals surface area (Å²) in [7, 11) is 3.78. The predicted molar refractivity (Wildman–Crippen MR) is 127 cm³/mol. The molecular formula is C21H27IN6O. The molecule has 0 saturated heterocycles. The molecule has 3 aromatic rings. The highest BCUT2D eigenvalue weighted by molar-refractivity contribution is 14.0. The van der Waals surface area contributed by atoms with E-state index in [0.29, 0.717) is 13.2 Å². The first kappa shape index (κ1) is 22.7. The number of aryl methyl sites for hydroxylation is 1. The maximum absolute atomic E-state index is 5.81. The Balaban J connectivity index is 0.00000300. The summed E-state index contributed by atoms with van der Waals surface area (Å²) in [5, 5.41) is 10.2. The second-order valence-corrected chi connectivity index (χ2v) is 6.52. The number of hydrogen-bond donors (Lipinski definition) is 2. The van der Waals surface area contributed by atoms with E-state index in [-0.39, 0.29) is 24.0 Å². The molecule has 0 bridgehead atoms. The number of halogens is 1. The van der Waals surface area contributed by atoms with Crippen LogP contribution < -0.4 is 10.1 Å². The third-order valence-electron chi connectivity index (χ3n) is 4.36. The van der Waals surface area contributed by atoms with Crippen LogP contribution in [0.1, 0.15) is 11.1 Å². The Morgan fingerprint density at radius 1 is 1.21 bits per heavy atom. The smallest absolute Gasteiger partial charge is 0.193 e. The number of benzene rings is 2. The monoisotopic (exact) mass is 506 g/mol. The van der Waals surface area contributed by atoms with Crippen molar-refractivity contribution in [1.29, 1.82) is 0 Å². The zero-order chi connectivity index (χ0) is 19.8. The topological polar surface area (TPSA) is 78.4 Å². The first-order valence-corrected chi connectivity index (χ1v) is 9.21. The molecule has 7 nitrogen and oxygen atoms in total. The first-order chi connectivity index (χ1) is 13.7. The van der Waals surface area contributed by atoms with Gasteiger partial charge in [0.05, 0.1) is 6.54 Å². The van der Waals surface area contributed by atoms with Gasteiger partial charge in [0.25, 0.3) is 0 Å². The summed E-state index contributed by atoms with van der Waals surface area (Å²) in [6.07, 6.45) is 1.51. The van der Waals surface area contributed by atoms with Crippen LogP contribution in [0.15, 0.2) is 59.9 Å². The van der Waals surface area contributed by atoms with E-state index < -0.39 is 0 Å². The quantitative estimate of drug-likeness (QED) is 0.292. The van der Waals surface area contributed by atoms with Gasteiger partial charge in [-0.05, 0) is 30.7 Å². The van der Waals surface area contributed by atoms with Crippen LogP contribution in [0, 0.1) is 6.92 Å². The van der Waals surface area contributed by atoms with Crippen LogP contribution in [-0.4, -0.2) is 53.3 Å². The lowest BCUT2D eigenvalue weighted by Crippen LogP contribution is -2.40. The largest absolute Gasteiger partial charge is 0.492 e. The molecule has 0 aliphatic rings. The lowest BCUT2D eigenvalue weighted by molar-refractivity contribution is 0.281. The Bertz CT molecular complexity index is 896. The number of hydrogen-bond acceptors (Lipinski definition) is 4. The van der Waals surface area contributed by atoms with E-state index >= 15 is 0 Å². The van der Waals surface area contributed by atoms with Crippen LogP contribution in [0.5, 0.6) is 5.75 Å². The number of nitrogens with one attached hydrogen (secondary N) is 2. The average molecular weight is 506 g/mol. The average Bonchev–Trinajstić information content (AvgIpc) is 3.25. The van der Waals surface area contributed by atoms with E-state index in [1.54, 1.807) is 7.05 Å². The fourth-order valence-electron chi connectivity index (χ4n) is 2.78. The van der Waals surface area contributed by atoms with Crippen molar-refractivity contribution in [2.45, 2.75) is 13.5 Å². The Labute approximate surface area is 188 Å². The molecule has 8 heteroatoms. The predicted octanol–water partition coefficient (Wildman–Crippen LogP) is 3.48. The molecule has 0 spiro atoms. The highest BCUT2D eigenvalue weighted by Crippen LogP contribution is 2.15. The molecule has 2 N–H and O–H groups in total. The van der Waals surface area contributed by atoms with Crippen molar-refractivity contribution in [3.05, 3.63) is 66.0 Å². The first-order valence-electron chi connectivity index (χ1n) is 9.21. The van der Waals surface area contributed by atoms with Crippen LogP contribution in [0.3, 0.4) is 0 Å². The van der Waals surface area contributed by atoms with Gasteiger partial charge in [-0.25, -0.2) is 4.98 Å². The normalized spacial score (nSPS) is 10.9. The molecule has 0 atom stereocenters. The molecule has 3 rings (SSSR count). The lowest BCUT2D eigenvalue weighted by Gasteiger charge is -2.22. The molecule has 2 aromatic carbocycles. The van der Waals surface area contributed by atoms with Crippen molar-refractivity contribution in [3.63, 3.8) is 0 Å². The number of aliphatic imine (C=N–C) groups is 1. The van der Waals surface area contributed by atoms with E-state index in [1.165, 1.54) is 11.9 Å². The summed E-state index contributed by atoms with van der Waals surface area (Å²) >= 11 is 0. The van der Waals surface area contributed by atoms with E-state index in [9.17, 15) is 0 Å². The fraction of sp³-hybridized carbons (Fsp3) is 0.286. The molecule has 0 saturated carbocycles. The minimum absolute atomic E-state index is 0. The zero-order valence-electron chi connectivity index (χ0n) is 16.9. The van der Waals surface area contributed by atoms with Crippen molar-refractivity contribution >= 4 is 29.9 Å². The van der Waals surface area contributed by atoms with Gasteiger partial charge in [0.15, 0.2) is 11.8 Å². The van der Waals surface area contributed by atoms with E-state index in [2.05, 4.69) is 49.4 Å². The molecule has 0 radical (unpaired) electrons. The summed E-state index contributed by atoms with van der Waals surface area (Å²) in [4.78, 5) is 10.6. The van der Waals surface area contributed by atoms with Crippen molar-refractivity contribution in [3.8, 4) is 17.1 Å². The number of likely N-dealkylation sites (N-methyl/N-ethyl adjacent to an activating group) is 1. The van der Waals surface area contributed by atoms with Crippen LogP contribution in [-0.2, 0) is 6.54 Å². The van der Waals surface area contributed by atoms with Gasteiger partial charge in [-0.15, -0.1) is 24.0 Å². The van der Waals surface area contributed by atoms with E-state index in [0.717, 1.165) is 35.2 Å². The minimum Gasteiger partial charge on any atom is -0.492 e. The van der Waals surface area contributed by atoms with E-state index in [4.69, 9.17) is 4.74 Å². The molecule has 0 aliphatic heterocycles. The van der Waals surface area contributed by atoms with Gasteiger partial charge in [0.1, 0.15) is 18.7 Å². The highest BCUT2D eigenvalue weighted by Gasteiger charge is 2.07. The molecule has 0 unspecified atom stereocenters. The van der Waals surface area contributed by atoms with Crippen LogP contribution in [0.4, 0.5) is 0 Å². The molecule has 1 aromatic heterocycles. The third-order valence-corrected chi connectivity index (χ3v) is 4.36. The molecular weight excluding hydrogens is 479 g/mol. The molecule has 1 heterocycles. The van der Waals surface area contributed by atoms with Gasteiger partial charge in [-0.3, -0.25) is 10.1 Å². The van der Waals surface area contributed by atoms with Gasteiger partial charge in [0, 0.05) is 26.2 Å². The molecule has 29 heavy (non-hydrogen) atoms. The number of rotatable bonds is 7. The summed E-state index contributed by atoms with van der Waals surface area (Å²) in [5.41, 5.74) is 3.37. The molecule has 0 fully saturated rings. The standard InChI is InChI=1S/C21H26N6O.HI/c1-16-7-9-19(10-8-16)28-12-11-27(3)21(22-2)23-14-17-5-4-6-18(13-17)20-24-15-25-26-20;/h4-10,13,15H,11-12,14H2,1-3H3,(H,22,23)(H,24,25,26);1H. The maximum atomic E-state index is 5.81. The number of nitrogens with zero attached hydrogens (tertiary/aromatic N) is 4. The van der Waals surface area contributed by atoms with Gasteiger partial charge in [0.2, 0.25) is 0 Å². The van der Waals surface area contributed by atoms with Gasteiger partial charge >= 0.3 is 0 Å². The zero-order valence-corrected chi connectivity index (χ0v) is 19.3. The SMILES string of the molecule is CN=C(NCc1cccc(-c2ncn[nH]2)c1)N(C)CCOc1ccc(C)cc1.I. The summed E-state index contributed by atoms with van der Waals surface area (Å²) in [6, 6.07) is 16.2. The molecule has 0 aliphatic carbocycles. The van der Waals surface area contributed by atoms with E-state index in [1.807, 2.05) is 43.4 Å². The molecule has 154 valence electrons. The lowest BCUT2D eigenvalue weighted by atomic mass is 10.1. The van der Waals surface area contributed by atoms with Crippen molar-refractivity contribution in [1.82, 2.24) is 25.4 Å². The summed E-state index contributed by atoms with van der Waals surface area (Å²) in [5.74, 6) is 2.46. The Hall–Kier alpha value is -2.62. The Kier molecular flexibility index (Phi) is 8.91. The van der Waals surface area contributed by atoms with Crippen molar-refractivity contribution in [2.24, 2.45) is 4.99 Å². The van der Waals surface area contributed by atoms with Gasteiger partial charge in [-0.1, -0.05) is 35.9 Å². The maximum Gasteiger partial charge on any atom is 0.193 e. The number of aromatic amines is 1. The summed E-state index contributed by atoms with van der Waals surface area (Å²) in [6.45, 7) is 4.04. The van der Waals surface area contributed by atoms with Gasteiger partial charge in [-0.2, -0.15) is 5.10 Å². The van der Waals surface area contributed by atoms with Crippen LogP contribution in [0.2, 0.25) is 0 Å². The second-order valence-electron chi connectivity index (χ2n) is 6.52. The number of ether oxygens (including phenoxy) is 1. The fourth-order valence-corrected chi connectivity index (χ4v) is 2.78. The Morgan fingerprint density at radius 2 is 2.00 bits per heavy atom. The number of H-pyrrole nitrogens is 1. The van der Waals surface area contributed by atoms with Gasteiger partial charge < -0.3 is 15.0 Å². The Morgan fingerprint density at radius 3 is 2.69 bits per heavy atom. The second kappa shape index (κ2) is 11.4. The van der Waals surface area contributed by atoms with Crippen molar-refractivity contribution in [2.75, 3.05) is 27.2 Å². The summed E-state index contributed by atoms with van der Waals surface area (Å²) < 4.78 is 5.81. The molecule has 0 amide bonds. The number of guanidine groups is 1. The van der Waals surface area contributed by atoms with Crippen LogP contribution in [0.25, 0.3) is 11.4 Å². The highest BCUT2D eigenvalue weighted by atomic mass is 127. The van der Waals surface area contributed by atoms with Crippen molar-refractivity contribution < 1.29 is 4.74 Å². The minimum atomic E-state index is 0. The third kappa shape index (κ3) is 6.74.